The number of aryl methyl sites for hydroxylation is 1. The van der Waals surface area contributed by atoms with Crippen molar-refractivity contribution in [2.45, 2.75) is 12.1 Å². The number of halogens is 1. The van der Waals surface area contributed by atoms with Crippen molar-refractivity contribution in [3.8, 4) is 5.69 Å². The number of aliphatic carboxylic acids is 1. The van der Waals surface area contributed by atoms with Gasteiger partial charge in [0.15, 0.2) is 5.16 Å². The minimum absolute atomic E-state index is 0.0115. The van der Waals surface area contributed by atoms with E-state index in [2.05, 4.69) is 10.2 Å². The van der Waals surface area contributed by atoms with Crippen LogP contribution >= 0.6 is 11.8 Å². The van der Waals surface area contributed by atoms with Gasteiger partial charge in [0, 0.05) is 0 Å². The average molecular weight is 282 g/mol. The van der Waals surface area contributed by atoms with Gasteiger partial charge in [-0.25, -0.2) is 4.39 Å². The van der Waals surface area contributed by atoms with E-state index < -0.39 is 11.8 Å². The predicted molar refractivity (Wildman–Crippen MR) is 68.8 cm³/mol. The van der Waals surface area contributed by atoms with E-state index >= 15 is 0 Å². The highest BCUT2D eigenvalue weighted by molar-refractivity contribution is 7.99. The maximum Gasteiger partial charge on any atom is 0.313 e. The molecule has 0 spiro atoms. The minimum Gasteiger partial charge on any atom is -0.481 e. The molecule has 0 amide bonds. The first-order valence-electron chi connectivity index (χ1n) is 5.31. The smallest absolute Gasteiger partial charge is 0.313 e. The Hall–Kier alpha value is -2.09. The number of benzene rings is 1. The summed E-state index contributed by atoms with van der Waals surface area (Å²) in [5, 5.41) is 16.3. The number of thioether (sulfide) groups is 1. The Bertz CT molecular complexity index is 629. The lowest BCUT2D eigenvalue weighted by Crippen LogP contribution is -2.06. The average Bonchev–Trinajstić information content (AvgIpc) is 2.71. The summed E-state index contributed by atoms with van der Waals surface area (Å²) in [6, 6.07) is 4.54. The second-order valence-corrected chi connectivity index (χ2v) is 4.76. The molecule has 0 aliphatic rings. The second kappa shape index (κ2) is 5.27. The molecule has 8 heteroatoms. The van der Waals surface area contributed by atoms with E-state index in [1.165, 1.54) is 10.6 Å². The zero-order valence-electron chi connectivity index (χ0n) is 10.00. The van der Waals surface area contributed by atoms with Crippen molar-refractivity contribution in [1.82, 2.24) is 14.8 Å². The van der Waals surface area contributed by atoms with Gasteiger partial charge in [-0.3, -0.25) is 9.36 Å². The molecular weight excluding hydrogens is 271 g/mol. The number of aromatic nitrogens is 3. The van der Waals surface area contributed by atoms with Gasteiger partial charge in [-0.2, -0.15) is 0 Å². The standard InChI is InChI=1S/C11H11FN4O2S/c1-6-2-3-7(12)8(4-6)16-10(13)14-15-11(16)19-5-9(17)18/h2-4H,5H2,1H3,(H2,13,14)(H,17,18). The summed E-state index contributed by atoms with van der Waals surface area (Å²) >= 11 is 0.929. The highest BCUT2D eigenvalue weighted by atomic mass is 32.2. The zero-order valence-corrected chi connectivity index (χ0v) is 10.8. The summed E-state index contributed by atoms with van der Waals surface area (Å²) in [5.74, 6) is -1.67. The second-order valence-electron chi connectivity index (χ2n) is 3.81. The van der Waals surface area contributed by atoms with E-state index in [1.54, 1.807) is 12.1 Å². The molecule has 6 nitrogen and oxygen atoms in total. The van der Waals surface area contributed by atoms with E-state index in [-0.39, 0.29) is 22.5 Å². The quantitative estimate of drug-likeness (QED) is 0.825. The Morgan fingerprint density at radius 2 is 2.26 bits per heavy atom. The number of nitrogens with two attached hydrogens (primary N) is 1. The molecule has 1 aromatic heterocycles. The molecule has 0 saturated carbocycles. The molecule has 0 fully saturated rings. The van der Waals surface area contributed by atoms with Crippen molar-refractivity contribution in [2.24, 2.45) is 0 Å². The van der Waals surface area contributed by atoms with Crippen molar-refractivity contribution in [3.05, 3.63) is 29.6 Å². The normalized spacial score (nSPS) is 10.6. The molecule has 100 valence electrons. The van der Waals surface area contributed by atoms with Crippen LogP contribution in [0.4, 0.5) is 10.3 Å². The van der Waals surface area contributed by atoms with Gasteiger partial charge in [-0.15, -0.1) is 10.2 Å². The third-order valence-electron chi connectivity index (χ3n) is 2.33. The zero-order chi connectivity index (χ0) is 14.0. The predicted octanol–water partition coefficient (Wildman–Crippen LogP) is 1.47. The van der Waals surface area contributed by atoms with Gasteiger partial charge < -0.3 is 10.8 Å². The molecule has 2 aromatic rings. The maximum atomic E-state index is 13.8. The van der Waals surface area contributed by atoms with Gasteiger partial charge in [-0.05, 0) is 24.6 Å². The Morgan fingerprint density at radius 3 is 2.95 bits per heavy atom. The summed E-state index contributed by atoms with van der Waals surface area (Å²) in [6.45, 7) is 1.81. The first-order chi connectivity index (χ1) is 8.99. The largest absolute Gasteiger partial charge is 0.481 e. The summed E-state index contributed by atoms with van der Waals surface area (Å²) in [5.41, 5.74) is 6.71. The van der Waals surface area contributed by atoms with Crippen molar-refractivity contribution in [3.63, 3.8) is 0 Å². The minimum atomic E-state index is -0.997. The van der Waals surface area contributed by atoms with Crippen LogP contribution in [0, 0.1) is 12.7 Å². The van der Waals surface area contributed by atoms with Crippen LogP contribution in [0.25, 0.3) is 5.69 Å². The number of rotatable bonds is 4. The Kier molecular flexibility index (Phi) is 3.70. The van der Waals surface area contributed by atoms with Crippen LogP contribution < -0.4 is 5.73 Å². The van der Waals surface area contributed by atoms with E-state index in [1.807, 2.05) is 6.92 Å². The molecule has 1 aromatic carbocycles. The van der Waals surface area contributed by atoms with Gasteiger partial charge in [-0.1, -0.05) is 17.8 Å². The fourth-order valence-corrected chi connectivity index (χ4v) is 2.19. The molecule has 0 bridgehead atoms. The molecule has 3 N–H and O–H groups in total. The van der Waals surface area contributed by atoms with Gasteiger partial charge in [0.05, 0.1) is 11.4 Å². The van der Waals surface area contributed by atoms with Crippen LogP contribution in [-0.4, -0.2) is 31.6 Å². The van der Waals surface area contributed by atoms with Gasteiger partial charge in [0.1, 0.15) is 5.82 Å². The van der Waals surface area contributed by atoms with Crippen molar-refractivity contribution in [1.29, 1.82) is 0 Å². The van der Waals surface area contributed by atoms with Crippen LogP contribution in [0.15, 0.2) is 23.4 Å². The molecule has 2 rings (SSSR count). The van der Waals surface area contributed by atoms with E-state index in [0.717, 1.165) is 17.3 Å². The maximum absolute atomic E-state index is 13.8. The summed E-state index contributed by atoms with van der Waals surface area (Å²) in [4.78, 5) is 10.6. The lowest BCUT2D eigenvalue weighted by molar-refractivity contribution is -0.133. The Labute approximate surface area is 112 Å². The molecule has 0 saturated heterocycles. The van der Waals surface area contributed by atoms with Crippen molar-refractivity contribution in [2.75, 3.05) is 11.5 Å². The van der Waals surface area contributed by atoms with Crippen LogP contribution in [0.5, 0.6) is 0 Å². The summed E-state index contributed by atoms with van der Waals surface area (Å²) < 4.78 is 15.1. The number of carbonyl (C=O) groups is 1. The number of hydrogen-bond acceptors (Lipinski definition) is 5. The monoisotopic (exact) mass is 282 g/mol. The molecule has 0 atom stereocenters. The molecule has 1 heterocycles. The molecule has 0 aliphatic carbocycles. The summed E-state index contributed by atoms with van der Waals surface area (Å²) in [6.07, 6.45) is 0. The summed E-state index contributed by atoms with van der Waals surface area (Å²) in [7, 11) is 0. The number of nitrogen functional groups attached to an aromatic ring is 1. The van der Waals surface area contributed by atoms with Gasteiger partial charge in [0.2, 0.25) is 5.95 Å². The van der Waals surface area contributed by atoms with E-state index in [4.69, 9.17) is 10.8 Å². The number of carboxylic acid groups (broad SMARTS) is 1. The molecular formula is C11H11FN4O2S. The fourth-order valence-electron chi connectivity index (χ4n) is 1.52. The Morgan fingerprint density at radius 1 is 1.53 bits per heavy atom. The Balaban J connectivity index is 2.46. The van der Waals surface area contributed by atoms with Crippen molar-refractivity contribution >= 4 is 23.7 Å². The third-order valence-corrected chi connectivity index (χ3v) is 3.24. The number of hydrogen-bond donors (Lipinski definition) is 2. The third kappa shape index (κ3) is 2.84. The highest BCUT2D eigenvalue weighted by Gasteiger charge is 2.16. The number of nitrogens with zero attached hydrogens (tertiary/aromatic N) is 3. The highest BCUT2D eigenvalue weighted by Crippen LogP contribution is 2.25. The number of anilines is 1. The molecule has 0 unspecified atom stereocenters. The van der Waals surface area contributed by atoms with Crippen LogP contribution in [-0.2, 0) is 4.79 Å². The van der Waals surface area contributed by atoms with Gasteiger partial charge >= 0.3 is 5.97 Å². The lowest BCUT2D eigenvalue weighted by Gasteiger charge is -2.09. The first kappa shape index (κ1) is 13.3. The molecule has 19 heavy (non-hydrogen) atoms. The number of carboxylic acids is 1. The molecule has 0 radical (unpaired) electrons. The van der Waals surface area contributed by atoms with Crippen LogP contribution in [0.3, 0.4) is 0 Å². The van der Waals surface area contributed by atoms with E-state index in [0.29, 0.717) is 0 Å². The van der Waals surface area contributed by atoms with E-state index in [9.17, 15) is 9.18 Å². The SMILES string of the molecule is Cc1ccc(F)c(-n2c(N)nnc2SCC(=O)O)c1. The van der Waals surface area contributed by atoms with Gasteiger partial charge in [0.25, 0.3) is 0 Å². The van der Waals surface area contributed by atoms with Crippen LogP contribution in [0.2, 0.25) is 0 Å². The first-order valence-corrected chi connectivity index (χ1v) is 6.29. The van der Waals surface area contributed by atoms with Crippen LogP contribution in [0.1, 0.15) is 5.56 Å². The van der Waals surface area contributed by atoms with Crippen molar-refractivity contribution < 1.29 is 14.3 Å². The topological polar surface area (TPSA) is 94.0 Å². The molecule has 0 aliphatic heterocycles. The fraction of sp³-hybridized carbons (Fsp3) is 0.182. The lowest BCUT2D eigenvalue weighted by atomic mass is 10.2.